The molecule has 10 nitrogen and oxygen atoms in total. The lowest BCUT2D eigenvalue weighted by atomic mass is 9.48. The van der Waals surface area contributed by atoms with Gasteiger partial charge in [-0.2, -0.15) is 5.10 Å². The van der Waals surface area contributed by atoms with Crippen molar-refractivity contribution in [2.75, 3.05) is 12.4 Å². The Hall–Kier alpha value is -4.97. The average molecular weight is 774 g/mol. The first-order valence-corrected chi connectivity index (χ1v) is 19.9. The molecule has 0 spiro atoms. The summed E-state index contributed by atoms with van der Waals surface area (Å²) in [5, 5.41) is 19.2. The number of hydrogen-bond acceptors (Lipinski definition) is 9. The summed E-state index contributed by atoms with van der Waals surface area (Å²) in [6.07, 6.45) is 15.8. The summed E-state index contributed by atoms with van der Waals surface area (Å²) in [7, 11) is 1.86. The molecular weight excluding hydrogens is 719 g/mol. The minimum Gasteiger partial charge on any atom is -0.506 e. The molecule has 11 heteroatoms. The highest BCUT2D eigenvalue weighted by Crippen LogP contribution is 2.63. The van der Waals surface area contributed by atoms with E-state index in [9.17, 15) is 9.90 Å². The van der Waals surface area contributed by atoms with Gasteiger partial charge < -0.3 is 5.11 Å². The molecule has 0 aromatic carbocycles. The number of allylic oxidation sites excluding steroid dienone is 6. The first-order chi connectivity index (χ1) is 26.4. The second-order valence-corrected chi connectivity index (χ2v) is 18.2. The molecule has 3 N–H and O–H groups in total. The summed E-state index contributed by atoms with van der Waals surface area (Å²) in [5.41, 5.74) is 9.56. The zero-order chi connectivity index (χ0) is 40.6. The minimum absolute atomic E-state index is 0.0492. The first-order valence-electron chi connectivity index (χ1n) is 19.1. The van der Waals surface area contributed by atoms with Crippen molar-refractivity contribution in [2.45, 2.75) is 92.7 Å². The fourth-order valence-electron chi connectivity index (χ4n) is 10.1. The summed E-state index contributed by atoms with van der Waals surface area (Å²) in [6.45, 7) is 28.2. The van der Waals surface area contributed by atoms with E-state index in [4.69, 9.17) is 14.9 Å². The van der Waals surface area contributed by atoms with Crippen LogP contribution in [0.25, 0.3) is 32.8 Å². The Labute approximate surface area is 334 Å². The molecule has 2 aliphatic carbocycles. The van der Waals surface area contributed by atoms with Crippen LogP contribution in [0, 0.1) is 23.2 Å². The van der Waals surface area contributed by atoms with Gasteiger partial charge in [0.05, 0.1) is 17.5 Å². The molecule has 4 aromatic heterocycles. The molecule has 3 unspecified atom stereocenters. The number of aliphatic hydroxyl groups excluding tert-OH is 1. The lowest BCUT2D eigenvalue weighted by molar-refractivity contribution is -0.217. The zero-order valence-electron chi connectivity index (χ0n) is 34.0. The van der Waals surface area contributed by atoms with E-state index in [2.05, 4.69) is 79.8 Å². The highest BCUT2D eigenvalue weighted by molar-refractivity contribution is 7.21. The van der Waals surface area contributed by atoms with Gasteiger partial charge in [-0.05, 0) is 105 Å². The number of nitrogens with zero attached hydrogens (tertiary/aromatic N) is 5. The van der Waals surface area contributed by atoms with E-state index in [1.165, 1.54) is 11.3 Å². The molecule has 1 amide bonds. The lowest BCUT2D eigenvalue weighted by Gasteiger charge is -2.60. The molecule has 2 aliphatic rings. The molecule has 294 valence electrons. The van der Waals surface area contributed by atoms with Gasteiger partial charge in [0, 0.05) is 47.8 Å². The first kappa shape index (κ1) is 40.7. The number of thiazole rings is 1. The molecule has 0 saturated heterocycles. The molecule has 56 heavy (non-hydrogen) atoms. The van der Waals surface area contributed by atoms with Gasteiger partial charge >= 0.3 is 0 Å². The number of carbonyl (C=O) groups is 1. The van der Waals surface area contributed by atoms with Crippen molar-refractivity contribution in [3.8, 4) is 11.1 Å². The van der Waals surface area contributed by atoms with Crippen molar-refractivity contribution in [2.24, 2.45) is 16.2 Å². The number of aliphatic hydroxyl groups is 1. The predicted octanol–water partition coefficient (Wildman–Crippen LogP) is 10.4. The van der Waals surface area contributed by atoms with Crippen LogP contribution in [0.5, 0.6) is 0 Å². The van der Waals surface area contributed by atoms with E-state index in [1.807, 2.05) is 57.4 Å². The van der Waals surface area contributed by atoms with Crippen LogP contribution in [0.4, 0.5) is 5.13 Å². The van der Waals surface area contributed by atoms with Crippen LogP contribution in [0.3, 0.4) is 0 Å². The van der Waals surface area contributed by atoms with E-state index in [0.29, 0.717) is 44.3 Å². The predicted molar refractivity (Wildman–Crippen MR) is 229 cm³/mol. The third-order valence-electron chi connectivity index (χ3n) is 11.0. The number of carbonyl (C=O) groups excluding carboxylic acids is 1. The Kier molecular flexibility index (Phi) is 11.3. The van der Waals surface area contributed by atoms with Crippen molar-refractivity contribution in [1.29, 1.82) is 0 Å². The summed E-state index contributed by atoms with van der Waals surface area (Å²) < 4.78 is 2.09. The maximum atomic E-state index is 13.7. The SMILES string of the molecule is C=C\C(=C/C(C(=C)C)=C(/C=C\C)C(=O)Nc1nc2cccnc2s1)c1ccc(-c2cnn(CC3(C)CC4(C)CC(C)(C)CC(ONC)(C3)C4)c2C)c(C(=C)O)n1. The number of hydroxylamine groups is 1. The van der Waals surface area contributed by atoms with Gasteiger partial charge in [0.15, 0.2) is 5.13 Å². The van der Waals surface area contributed by atoms with Crippen LogP contribution in [0.1, 0.15) is 90.7 Å². The van der Waals surface area contributed by atoms with Gasteiger partial charge in [-0.15, -0.1) is 0 Å². The summed E-state index contributed by atoms with van der Waals surface area (Å²) in [5.74, 6) is -0.505. The van der Waals surface area contributed by atoms with Crippen molar-refractivity contribution in [3.63, 3.8) is 0 Å². The van der Waals surface area contributed by atoms with Crippen LogP contribution in [-0.4, -0.2) is 48.4 Å². The quantitative estimate of drug-likeness (QED) is 0.0530. The Morgan fingerprint density at radius 3 is 2.48 bits per heavy atom. The van der Waals surface area contributed by atoms with Gasteiger partial charge in [-0.25, -0.2) is 20.4 Å². The molecule has 0 radical (unpaired) electrons. The highest BCUT2D eigenvalue weighted by atomic mass is 32.1. The standard InChI is InChI=1S/C45H55N7O3S/c1-12-15-33(39(54)51-41-50-37-16-14-19-47-40(37)56-41)34(28(3)4)20-31(13-2)36-18-17-32(38(49-36)30(6)53)35-21-48-52(29(35)5)27-44(10)24-43(9)22-42(7,8)23-45(25-43,26-44)55-46-11/h12-21,46,53H,2-3,6,22-27H2,1,4-5,7-11H3,(H,50,51,54)/b15-12-,31-20+,34-33+. The molecule has 2 saturated carbocycles. The maximum absolute atomic E-state index is 13.7. The van der Waals surface area contributed by atoms with Crippen molar-refractivity contribution in [3.05, 3.63) is 115 Å². The fourth-order valence-corrected chi connectivity index (χ4v) is 10.9. The number of amides is 1. The number of pyridine rings is 2. The molecule has 3 atom stereocenters. The fraction of sp³-hybridized carbons (Fsp3) is 0.400. The minimum atomic E-state index is -0.340. The number of anilines is 1. The van der Waals surface area contributed by atoms with Crippen LogP contribution in [-0.2, 0) is 16.2 Å². The molecule has 6 rings (SSSR count). The summed E-state index contributed by atoms with van der Waals surface area (Å²) in [4.78, 5) is 34.6. The topological polar surface area (TPSA) is 127 Å². The van der Waals surface area contributed by atoms with E-state index >= 15 is 0 Å². The molecule has 2 bridgehead atoms. The smallest absolute Gasteiger partial charge is 0.258 e. The van der Waals surface area contributed by atoms with Gasteiger partial charge in [-0.1, -0.05) is 82.6 Å². The largest absolute Gasteiger partial charge is 0.506 e. The highest BCUT2D eigenvalue weighted by Gasteiger charge is 2.58. The van der Waals surface area contributed by atoms with Crippen LogP contribution in [0.2, 0.25) is 0 Å². The lowest BCUT2D eigenvalue weighted by Crippen LogP contribution is -2.58. The Balaban J connectivity index is 1.32. The van der Waals surface area contributed by atoms with Gasteiger partial charge in [0.1, 0.15) is 21.8 Å². The monoisotopic (exact) mass is 773 g/mol. The Bertz CT molecular complexity index is 2270. The average Bonchev–Trinajstić information content (AvgIpc) is 3.67. The number of aromatic nitrogens is 5. The number of fused-ring (bicyclic) bond motifs is 3. The number of hydrogen-bond donors (Lipinski definition) is 3. The van der Waals surface area contributed by atoms with E-state index in [0.717, 1.165) is 60.3 Å². The molecule has 4 heterocycles. The molecule has 0 aliphatic heterocycles. The van der Waals surface area contributed by atoms with Crippen LogP contribution >= 0.6 is 11.3 Å². The summed E-state index contributed by atoms with van der Waals surface area (Å²) in [6, 6.07) is 7.48. The zero-order valence-corrected chi connectivity index (χ0v) is 34.9. The van der Waals surface area contributed by atoms with Crippen molar-refractivity contribution >= 4 is 44.1 Å². The van der Waals surface area contributed by atoms with Crippen molar-refractivity contribution < 1.29 is 14.7 Å². The maximum Gasteiger partial charge on any atom is 0.258 e. The third kappa shape index (κ3) is 8.40. The van der Waals surface area contributed by atoms with E-state index in [-0.39, 0.29) is 33.5 Å². The summed E-state index contributed by atoms with van der Waals surface area (Å²) >= 11 is 1.31. The van der Waals surface area contributed by atoms with Crippen LogP contribution < -0.4 is 10.8 Å². The van der Waals surface area contributed by atoms with E-state index in [1.54, 1.807) is 24.4 Å². The van der Waals surface area contributed by atoms with Gasteiger partial charge in [0.2, 0.25) is 0 Å². The third-order valence-corrected chi connectivity index (χ3v) is 11.9. The Morgan fingerprint density at radius 2 is 1.82 bits per heavy atom. The molecule has 2 fully saturated rings. The van der Waals surface area contributed by atoms with Gasteiger partial charge in [-0.3, -0.25) is 19.6 Å². The second-order valence-electron chi connectivity index (χ2n) is 17.2. The molecular formula is C45H55N7O3S. The number of rotatable bonds is 13. The Morgan fingerprint density at radius 1 is 1.05 bits per heavy atom. The van der Waals surface area contributed by atoms with E-state index < -0.39 is 0 Å². The van der Waals surface area contributed by atoms with Crippen LogP contribution in [0.15, 0.2) is 97.4 Å². The second kappa shape index (κ2) is 15.5. The number of nitrogens with one attached hydrogen (secondary N) is 2. The normalized spacial score (nSPS) is 23.9. The molecule has 4 aromatic rings. The van der Waals surface area contributed by atoms with Crippen molar-refractivity contribution in [1.82, 2.24) is 30.2 Å². The van der Waals surface area contributed by atoms with Gasteiger partial charge in [0.25, 0.3) is 5.91 Å².